The van der Waals surface area contributed by atoms with E-state index in [1.165, 1.54) is 5.48 Å². The Labute approximate surface area is 70.6 Å². The Morgan fingerprint density at radius 1 is 1.33 bits per heavy atom. The van der Waals surface area contributed by atoms with Crippen LogP contribution in [0.15, 0.2) is 0 Å². The highest BCUT2D eigenvalue weighted by atomic mass is 32.2. The maximum Gasteiger partial charge on any atom is 0.246 e. The molecule has 2 N–H and O–H groups in total. The van der Waals surface area contributed by atoms with Crippen LogP contribution in [0.4, 0.5) is 0 Å². The number of carbonyl (C=O) groups is 1. The summed E-state index contributed by atoms with van der Waals surface area (Å²) in [6, 6.07) is 0. The van der Waals surface area contributed by atoms with E-state index in [1.807, 2.05) is 0 Å². The van der Waals surface area contributed by atoms with E-state index >= 15 is 0 Å². The number of hydrogen-bond donors (Lipinski definition) is 2. The highest BCUT2D eigenvalue weighted by Gasteiger charge is 2.27. The zero-order chi connectivity index (χ0) is 9.19. The predicted molar refractivity (Wildman–Crippen MR) is 41.3 cm³/mol. The molecule has 1 heterocycles. The van der Waals surface area contributed by atoms with Crippen molar-refractivity contribution in [1.82, 2.24) is 5.48 Å². The van der Waals surface area contributed by atoms with Crippen LogP contribution >= 0.6 is 0 Å². The van der Waals surface area contributed by atoms with Crippen molar-refractivity contribution >= 4 is 15.7 Å². The average Bonchev–Trinajstić information content (AvgIpc) is 2.03. The van der Waals surface area contributed by atoms with Crippen molar-refractivity contribution in [2.45, 2.75) is 12.8 Å². The van der Waals surface area contributed by atoms with Gasteiger partial charge in [0.1, 0.15) is 9.84 Å². The Morgan fingerprint density at radius 3 is 2.25 bits per heavy atom. The zero-order valence-corrected chi connectivity index (χ0v) is 7.30. The van der Waals surface area contributed by atoms with E-state index in [4.69, 9.17) is 5.21 Å². The van der Waals surface area contributed by atoms with Crippen LogP contribution in [0, 0.1) is 5.92 Å². The first-order valence-corrected chi connectivity index (χ1v) is 5.51. The molecule has 1 aliphatic heterocycles. The van der Waals surface area contributed by atoms with Gasteiger partial charge in [-0.15, -0.1) is 0 Å². The number of amides is 1. The van der Waals surface area contributed by atoms with E-state index in [0.717, 1.165) is 0 Å². The van der Waals surface area contributed by atoms with Crippen molar-refractivity contribution in [2.75, 3.05) is 11.5 Å². The SMILES string of the molecule is O=C(NO)C1CCS(=O)(=O)CC1. The van der Waals surface area contributed by atoms with E-state index in [0.29, 0.717) is 12.8 Å². The van der Waals surface area contributed by atoms with Gasteiger partial charge in [0.15, 0.2) is 0 Å². The molecule has 1 rings (SSSR count). The maximum atomic E-state index is 10.9. The molecule has 12 heavy (non-hydrogen) atoms. The van der Waals surface area contributed by atoms with Gasteiger partial charge in [-0.1, -0.05) is 0 Å². The summed E-state index contributed by atoms with van der Waals surface area (Å²) >= 11 is 0. The molecule has 0 bridgehead atoms. The molecule has 6 heteroatoms. The fraction of sp³-hybridized carbons (Fsp3) is 0.833. The summed E-state index contributed by atoms with van der Waals surface area (Å²) in [5.41, 5.74) is 1.53. The molecule has 1 saturated heterocycles. The maximum absolute atomic E-state index is 10.9. The molecule has 0 aromatic carbocycles. The second kappa shape index (κ2) is 3.40. The topological polar surface area (TPSA) is 83.5 Å². The number of sulfone groups is 1. The predicted octanol–water partition coefficient (Wildman–Crippen LogP) is -0.683. The average molecular weight is 193 g/mol. The minimum Gasteiger partial charge on any atom is -0.289 e. The van der Waals surface area contributed by atoms with Crippen molar-refractivity contribution in [2.24, 2.45) is 5.92 Å². The molecule has 1 aliphatic rings. The third-order valence-electron chi connectivity index (χ3n) is 2.04. The van der Waals surface area contributed by atoms with E-state index < -0.39 is 15.7 Å². The van der Waals surface area contributed by atoms with Gasteiger partial charge >= 0.3 is 0 Å². The molecule has 0 spiro atoms. The summed E-state index contributed by atoms with van der Waals surface area (Å²) in [6.45, 7) is 0. The quantitative estimate of drug-likeness (QED) is 0.427. The molecule has 0 saturated carbocycles. The third kappa shape index (κ3) is 2.18. The summed E-state index contributed by atoms with van der Waals surface area (Å²) in [5.74, 6) is -0.737. The molecule has 5 nitrogen and oxygen atoms in total. The summed E-state index contributed by atoms with van der Waals surface area (Å²) in [7, 11) is -2.92. The highest BCUT2D eigenvalue weighted by molar-refractivity contribution is 7.91. The molecule has 0 aromatic rings. The molecule has 70 valence electrons. The van der Waals surface area contributed by atoms with Gasteiger partial charge in [-0.05, 0) is 12.8 Å². The van der Waals surface area contributed by atoms with Crippen molar-refractivity contribution in [3.63, 3.8) is 0 Å². The van der Waals surface area contributed by atoms with Crippen molar-refractivity contribution in [1.29, 1.82) is 0 Å². The van der Waals surface area contributed by atoms with E-state index in [1.54, 1.807) is 0 Å². The molecular formula is C6H11NO4S. The van der Waals surface area contributed by atoms with Crippen LogP contribution in [-0.4, -0.2) is 31.0 Å². The molecule has 0 atom stereocenters. The molecule has 1 amide bonds. The van der Waals surface area contributed by atoms with Gasteiger partial charge in [0, 0.05) is 5.92 Å². The number of nitrogens with one attached hydrogen (secondary N) is 1. The van der Waals surface area contributed by atoms with Crippen molar-refractivity contribution < 1.29 is 18.4 Å². The van der Waals surface area contributed by atoms with Crippen molar-refractivity contribution in [3.05, 3.63) is 0 Å². The fourth-order valence-corrected chi connectivity index (χ4v) is 2.73. The molecular weight excluding hydrogens is 182 g/mol. The number of hydrogen-bond acceptors (Lipinski definition) is 4. The third-order valence-corrected chi connectivity index (χ3v) is 3.75. The number of hydroxylamine groups is 1. The molecule has 0 aromatic heterocycles. The minimum atomic E-state index is -2.92. The highest BCUT2D eigenvalue weighted by Crippen LogP contribution is 2.18. The molecule has 0 aliphatic carbocycles. The normalized spacial score (nSPS) is 23.4. The Kier molecular flexibility index (Phi) is 2.69. The molecule has 0 unspecified atom stereocenters. The lowest BCUT2D eigenvalue weighted by Crippen LogP contribution is -2.34. The van der Waals surface area contributed by atoms with Crippen LogP contribution in [0.5, 0.6) is 0 Å². The Balaban J connectivity index is 2.52. The standard InChI is InChI=1S/C6H11NO4S/c8-6(7-9)5-1-3-12(10,11)4-2-5/h5,9H,1-4H2,(H,7,8). The summed E-state index contributed by atoms with van der Waals surface area (Å²) in [5, 5.41) is 8.27. The lowest BCUT2D eigenvalue weighted by Gasteiger charge is -2.19. The first-order valence-electron chi connectivity index (χ1n) is 3.69. The van der Waals surface area contributed by atoms with Gasteiger partial charge in [0.25, 0.3) is 0 Å². The van der Waals surface area contributed by atoms with Crippen LogP contribution in [-0.2, 0) is 14.6 Å². The minimum absolute atomic E-state index is 0.0467. The fourth-order valence-electron chi connectivity index (χ4n) is 1.24. The Hall–Kier alpha value is -0.620. The summed E-state index contributed by atoms with van der Waals surface area (Å²) in [4.78, 5) is 10.8. The second-order valence-corrected chi connectivity index (χ2v) is 5.21. The lowest BCUT2D eigenvalue weighted by atomic mass is 10.0. The summed E-state index contributed by atoms with van der Waals surface area (Å²) < 4.78 is 21.8. The monoisotopic (exact) mass is 193 g/mol. The van der Waals surface area contributed by atoms with Crippen LogP contribution in [0.1, 0.15) is 12.8 Å². The van der Waals surface area contributed by atoms with Gasteiger partial charge in [-0.25, -0.2) is 13.9 Å². The van der Waals surface area contributed by atoms with Crippen LogP contribution in [0.3, 0.4) is 0 Å². The van der Waals surface area contributed by atoms with E-state index in [2.05, 4.69) is 0 Å². The second-order valence-electron chi connectivity index (χ2n) is 2.90. The van der Waals surface area contributed by atoms with Crippen LogP contribution < -0.4 is 5.48 Å². The number of carbonyl (C=O) groups excluding carboxylic acids is 1. The summed E-state index contributed by atoms with van der Waals surface area (Å²) in [6.07, 6.45) is 0.628. The number of rotatable bonds is 1. The van der Waals surface area contributed by atoms with Crippen LogP contribution in [0.2, 0.25) is 0 Å². The van der Waals surface area contributed by atoms with E-state index in [-0.39, 0.29) is 17.4 Å². The first-order chi connectivity index (χ1) is 5.55. The molecule has 0 radical (unpaired) electrons. The van der Waals surface area contributed by atoms with E-state index in [9.17, 15) is 13.2 Å². The largest absolute Gasteiger partial charge is 0.289 e. The van der Waals surface area contributed by atoms with Gasteiger partial charge in [-0.3, -0.25) is 10.0 Å². The van der Waals surface area contributed by atoms with Crippen LogP contribution in [0.25, 0.3) is 0 Å². The first kappa shape index (κ1) is 9.47. The van der Waals surface area contributed by atoms with Gasteiger partial charge in [0.05, 0.1) is 11.5 Å². The Morgan fingerprint density at radius 2 is 1.83 bits per heavy atom. The van der Waals surface area contributed by atoms with Gasteiger partial charge in [-0.2, -0.15) is 0 Å². The zero-order valence-electron chi connectivity index (χ0n) is 6.49. The Bertz CT molecular complexity index is 257. The van der Waals surface area contributed by atoms with Gasteiger partial charge < -0.3 is 0 Å². The lowest BCUT2D eigenvalue weighted by molar-refractivity contribution is -0.133. The van der Waals surface area contributed by atoms with Gasteiger partial charge in [0.2, 0.25) is 5.91 Å². The smallest absolute Gasteiger partial charge is 0.246 e. The van der Waals surface area contributed by atoms with Crippen molar-refractivity contribution in [3.8, 4) is 0 Å². The molecule has 1 fully saturated rings.